The van der Waals surface area contributed by atoms with Gasteiger partial charge in [-0.15, -0.1) is 0 Å². The fourth-order valence-corrected chi connectivity index (χ4v) is 3.12. The Bertz CT molecular complexity index is 1010. The molecule has 1 amide bonds. The summed E-state index contributed by atoms with van der Waals surface area (Å²) < 4.78 is 7.81. The summed E-state index contributed by atoms with van der Waals surface area (Å²) in [5.74, 6) is -0.497. The second-order valence-electron chi connectivity index (χ2n) is 6.13. The Hall–Kier alpha value is -2.93. The Balaban J connectivity index is 1.70. The number of ether oxygens (including phenoxy) is 1. The summed E-state index contributed by atoms with van der Waals surface area (Å²) in [5.41, 5.74) is 5.16. The van der Waals surface area contributed by atoms with Gasteiger partial charge >= 0.3 is 5.97 Å². The quantitative estimate of drug-likeness (QED) is 0.345. The van der Waals surface area contributed by atoms with Crippen molar-refractivity contribution in [3.8, 4) is 0 Å². The molecular weight excluding hydrogens is 422 g/mol. The van der Waals surface area contributed by atoms with Crippen LogP contribution in [0.4, 0.5) is 0 Å². The first kappa shape index (κ1) is 19.8. The van der Waals surface area contributed by atoms with Gasteiger partial charge in [-0.1, -0.05) is 46.3 Å². The molecule has 7 heteroatoms. The number of hydrogen-bond donors (Lipinski definition) is 1. The summed E-state index contributed by atoms with van der Waals surface area (Å²) in [4.78, 5) is 23.9. The largest absolute Gasteiger partial charge is 0.465 e. The Morgan fingerprint density at radius 1 is 1.18 bits per heavy atom. The minimum absolute atomic E-state index is 0.123. The molecule has 0 atom stereocenters. The third-order valence-electron chi connectivity index (χ3n) is 4.09. The summed E-state index contributed by atoms with van der Waals surface area (Å²) in [6, 6.07) is 15.3. The van der Waals surface area contributed by atoms with Gasteiger partial charge in [0.25, 0.3) is 0 Å². The summed E-state index contributed by atoms with van der Waals surface area (Å²) >= 11 is 3.37. The summed E-state index contributed by atoms with van der Waals surface area (Å²) in [6.45, 7) is 2.25. The maximum Gasteiger partial charge on any atom is 0.325 e. The summed E-state index contributed by atoms with van der Waals surface area (Å²) in [6.07, 6.45) is 3.66. The van der Waals surface area contributed by atoms with Gasteiger partial charge in [-0.3, -0.25) is 9.59 Å². The van der Waals surface area contributed by atoms with Crippen LogP contribution >= 0.6 is 15.9 Å². The van der Waals surface area contributed by atoms with E-state index in [1.165, 1.54) is 0 Å². The highest BCUT2D eigenvalue weighted by Gasteiger charge is 2.10. The zero-order valence-electron chi connectivity index (χ0n) is 15.4. The fourth-order valence-electron chi connectivity index (χ4n) is 2.86. The molecule has 1 heterocycles. The van der Waals surface area contributed by atoms with E-state index in [4.69, 9.17) is 4.74 Å². The number of esters is 1. The second kappa shape index (κ2) is 9.32. The van der Waals surface area contributed by atoms with Gasteiger partial charge in [0.2, 0.25) is 5.91 Å². The lowest BCUT2D eigenvalue weighted by atomic mass is 10.1. The molecule has 0 aliphatic carbocycles. The van der Waals surface area contributed by atoms with E-state index >= 15 is 0 Å². The molecule has 1 N–H and O–H groups in total. The molecule has 3 rings (SSSR count). The Kier molecular flexibility index (Phi) is 6.60. The van der Waals surface area contributed by atoms with Crippen molar-refractivity contribution in [1.82, 2.24) is 9.99 Å². The lowest BCUT2D eigenvalue weighted by Gasteiger charge is -2.04. The Labute approximate surface area is 171 Å². The highest BCUT2D eigenvalue weighted by molar-refractivity contribution is 9.10. The molecule has 28 heavy (non-hydrogen) atoms. The molecule has 1 aromatic heterocycles. The number of carbonyl (C=O) groups is 2. The van der Waals surface area contributed by atoms with Crippen LogP contribution in [0.25, 0.3) is 10.9 Å². The number of benzene rings is 2. The van der Waals surface area contributed by atoms with Crippen LogP contribution in [0.2, 0.25) is 0 Å². The van der Waals surface area contributed by atoms with Gasteiger partial charge in [-0.05, 0) is 30.7 Å². The van der Waals surface area contributed by atoms with Crippen molar-refractivity contribution in [1.29, 1.82) is 0 Å². The predicted octanol–water partition coefficient (Wildman–Crippen LogP) is 3.66. The van der Waals surface area contributed by atoms with E-state index in [2.05, 4.69) is 26.5 Å². The van der Waals surface area contributed by atoms with E-state index in [9.17, 15) is 9.59 Å². The number of nitrogens with one attached hydrogen (secondary N) is 1. The van der Waals surface area contributed by atoms with Crippen molar-refractivity contribution in [2.24, 2.45) is 5.10 Å². The number of hydrazone groups is 1. The SMILES string of the molecule is CCOC(=O)Cn1cc(/C=N/NC(=O)Cc2ccc(Br)cc2)c2ccccc21. The van der Waals surface area contributed by atoms with Gasteiger partial charge in [-0.25, -0.2) is 5.43 Å². The van der Waals surface area contributed by atoms with Crippen LogP contribution in [-0.4, -0.2) is 29.3 Å². The standard InChI is InChI=1S/C21H20BrN3O3/c1-2-28-21(27)14-25-13-16(18-5-3-4-6-19(18)25)12-23-24-20(26)11-15-7-9-17(22)10-8-15/h3-10,12-13H,2,11,14H2,1H3,(H,24,26)/b23-12+. The first-order valence-corrected chi connectivity index (χ1v) is 9.66. The van der Waals surface area contributed by atoms with Gasteiger partial charge in [0.15, 0.2) is 0 Å². The summed E-state index contributed by atoms with van der Waals surface area (Å²) in [7, 11) is 0. The van der Waals surface area contributed by atoms with Crippen molar-refractivity contribution in [3.63, 3.8) is 0 Å². The number of hydrogen-bond acceptors (Lipinski definition) is 4. The number of nitrogens with zero attached hydrogens (tertiary/aromatic N) is 2. The minimum Gasteiger partial charge on any atom is -0.465 e. The van der Waals surface area contributed by atoms with Crippen molar-refractivity contribution in [2.45, 2.75) is 19.9 Å². The van der Waals surface area contributed by atoms with Gasteiger partial charge in [0.05, 0.1) is 19.2 Å². The highest BCUT2D eigenvalue weighted by atomic mass is 79.9. The molecule has 0 saturated heterocycles. The summed E-state index contributed by atoms with van der Waals surface area (Å²) in [5, 5.41) is 5.01. The van der Waals surface area contributed by atoms with Crippen LogP contribution in [0, 0.1) is 0 Å². The van der Waals surface area contributed by atoms with E-state index < -0.39 is 0 Å². The van der Waals surface area contributed by atoms with Crippen molar-refractivity contribution in [3.05, 3.63) is 70.3 Å². The second-order valence-corrected chi connectivity index (χ2v) is 7.05. The number of carbonyl (C=O) groups excluding carboxylic acids is 2. The number of amides is 1. The van der Waals surface area contributed by atoms with E-state index in [0.29, 0.717) is 6.61 Å². The van der Waals surface area contributed by atoms with Crippen LogP contribution in [0.3, 0.4) is 0 Å². The van der Waals surface area contributed by atoms with E-state index in [1.807, 2.05) is 59.3 Å². The molecule has 0 fully saturated rings. The molecule has 0 bridgehead atoms. The smallest absolute Gasteiger partial charge is 0.325 e. The number of aromatic nitrogens is 1. The zero-order valence-corrected chi connectivity index (χ0v) is 17.0. The number of halogens is 1. The van der Waals surface area contributed by atoms with Gasteiger partial charge in [0, 0.05) is 27.1 Å². The molecule has 0 aliphatic heterocycles. The van der Waals surface area contributed by atoms with Crippen LogP contribution in [0.1, 0.15) is 18.1 Å². The molecule has 3 aromatic rings. The molecule has 0 spiro atoms. The third kappa shape index (κ3) is 5.07. The van der Waals surface area contributed by atoms with Crippen molar-refractivity contribution in [2.75, 3.05) is 6.61 Å². The van der Waals surface area contributed by atoms with Gasteiger partial charge in [0.1, 0.15) is 6.54 Å². The molecule has 144 valence electrons. The average molecular weight is 442 g/mol. The number of fused-ring (bicyclic) bond motifs is 1. The maximum atomic E-state index is 12.1. The molecule has 0 aliphatic rings. The highest BCUT2D eigenvalue weighted by Crippen LogP contribution is 2.20. The average Bonchev–Trinajstić information content (AvgIpc) is 3.02. The molecule has 6 nitrogen and oxygen atoms in total. The van der Waals surface area contributed by atoms with E-state index in [0.717, 1.165) is 26.5 Å². The topological polar surface area (TPSA) is 72.7 Å². The molecule has 0 unspecified atom stereocenters. The van der Waals surface area contributed by atoms with Crippen molar-refractivity contribution < 1.29 is 14.3 Å². The fraction of sp³-hybridized carbons (Fsp3) is 0.190. The lowest BCUT2D eigenvalue weighted by molar-refractivity contribution is -0.143. The normalized spacial score (nSPS) is 11.1. The van der Waals surface area contributed by atoms with E-state index in [1.54, 1.807) is 13.1 Å². The Morgan fingerprint density at radius 2 is 1.93 bits per heavy atom. The van der Waals surface area contributed by atoms with Crippen LogP contribution in [-0.2, 0) is 27.3 Å². The third-order valence-corrected chi connectivity index (χ3v) is 4.62. The maximum absolute atomic E-state index is 12.1. The van der Waals surface area contributed by atoms with Crippen LogP contribution in [0.15, 0.2) is 64.3 Å². The predicted molar refractivity (Wildman–Crippen MR) is 112 cm³/mol. The van der Waals surface area contributed by atoms with Gasteiger partial charge in [-0.2, -0.15) is 5.10 Å². The monoisotopic (exact) mass is 441 g/mol. The molecular formula is C21H20BrN3O3. The Morgan fingerprint density at radius 3 is 2.68 bits per heavy atom. The first-order valence-electron chi connectivity index (χ1n) is 8.86. The number of rotatable bonds is 7. The van der Waals surface area contributed by atoms with E-state index in [-0.39, 0.29) is 24.8 Å². The minimum atomic E-state index is -0.297. The van der Waals surface area contributed by atoms with Gasteiger partial charge < -0.3 is 9.30 Å². The first-order chi connectivity index (χ1) is 13.6. The van der Waals surface area contributed by atoms with Crippen LogP contribution < -0.4 is 5.43 Å². The molecule has 0 saturated carbocycles. The lowest BCUT2D eigenvalue weighted by Crippen LogP contribution is -2.19. The van der Waals surface area contributed by atoms with Crippen LogP contribution in [0.5, 0.6) is 0 Å². The number of para-hydroxylation sites is 1. The molecule has 0 radical (unpaired) electrons. The van der Waals surface area contributed by atoms with Crippen molar-refractivity contribution >= 4 is 44.9 Å². The molecule has 2 aromatic carbocycles. The zero-order chi connectivity index (χ0) is 19.9.